The van der Waals surface area contributed by atoms with E-state index in [1.54, 1.807) is 0 Å². The fourth-order valence-electron chi connectivity index (χ4n) is 3.60. The van der Waals surface area contributed by atoms with Crippen LogP contribution in [0.15, 0.2) is 4.99 Å². The molecular weight excluding hydrogens is 284 g/mol. The van der Waals surface area contributed by atoms with Gasteiger partial charge in [-0.2, -0.15) is 8.42 Å². The Morgan fingerprint density at radius 1 is 1.47 bits per heavy atom. The molecule has 0 aromatic rings. The Hall–Kier alpha value is -0.270. The highest BCUT2D eigenvalue weighted by Gasteiger charge is 2.53. The van der Waals surface area contributed by atoms with E-state index in [-0.39, 0.29) is 5.75 Å². The molecule has 19 heavy (non-hydrogen) atoms. The number of nitrogens with two attached hydrogens (primary N) is 1. The SMILES string of the molecule is CC1(C)[C@H]2CC[C@H](CN=C(N)CSS(=O)(=O)O)[C@@H]1C2. The van der Waals surface area contributed by atoms with Crippen LogP contribution in [0.2, 0.25) is 0 Å². The Labute approximate surface area is 118 Å². The van der Waals surface area contributed by atoms with E-state index in [2.05, 4.69) is 18.8 Å². The van der Waals surface area contributed by atoms with Gasteiger partial charge in [0.05, 0.1) is 5.75 Å². The molecule has 3 saturated carbocycles. The summed E-state index contributed by atoms with van der Waals surface area (Å²) in [6.07, 6.45) is 3.76. The third kappa shape index (κ3) is 3.44. The highest BCUT2D eigenvalue weighted by atomic mass is 33.1. The van der Waals surface area contributed by atoms with Gasteiger partial charge in [0, 0.05) is 17.3 Å². The van der Waals surface area contributed by atoms with Crippen LogP contribution in [0.4, 0.5) is 0 Å². The topological polar surface area (TPSA) is 92.8 Å². The maximum Gasteiger partial charge on any atom is 0.320 e. The predicted octanol–water partition coefficient (Wildman–Crippen LogP) is 1.95. The molecule has 0 aromatic carbocycles. The van der Waals surface area contributed by atoms with Crippen LogP contribution in [0.5, 0.6) is 0 Å². The molecular formula is C12H22N2O3S2. The van der Waals surface area contributed by atoms with Gasteiger partial charge in [-0.15, -0.1) is 0 Å². The van der Waals surface area contributed by atoms with Crippen LogP contribution < -0.4 is 5.73 Å². The quantitative estimate of drug-likeness (QED) is 0.350. The van der Waals surface area contributed by atoms with Gasteiger partial charge in [0.25, 0.3) is 0 Å². The second kappa shape index (κ2) is 5.26. The van der Waals surface area contributed by atoms with Gasteiger partial charge in [0.2, 0.25) is 0 Å². The Kier molecular flexibility index (Phi) is 4.18. The summed E-state index contributed by atoms with van der Waals surface area (Å²) in [7, 11) is -3.62. The van der Waals surface area contributed by atoms with Gasteiger partial charge >= 0.3 is 9.15 Å². The van der Waals surface area contributed by atoms with Crippen molar-refractivity contribution in [2.45, 2.75) is 33.1 Å². The number of nitrogens with zero attached hydrogens (tertiary/aromatic N) is 1. The van der Waals surface area contributed by atoms with Crippen LogP contribution >= 0.6 is 10.8 Å². The molecule has 0 spiro atoms. The van der Waals surface area contributed by atoms with E-state index in [1.165, 1.54) is 19.3 Å². The summed E-state index contributed by atoms with van der Waals surface area (Å²) in [4.78, 5) is 4.29. The highest BCUT2D eigenvalue weighted by Crippen LogP contribution is 2.61. The minimum absolute atomic E-state index is 0.0300. The van der Waals surface area contributed by atoms with Crippen LogP contribution in [0.25, 0.3) is 0 Å². The lowest BCUT2D eigenvalue weighted by atomic mass is 9.45. The number of fused-ring (bicyclic) bond motifs is 2. The third-order valence-corrected chi connectivity index (χ3v) is 6.84. The van der Waals surface area contributed by atoms with Gasteiger partial charge in [-0.25, -0.2) is 0 Å². The first-order valence-electron chi connectivity index (χ1n) is 6.61. The largest absolute Gasteiger partial charge is 0.387 e. The molecule has 0 heterocycles. The van der Waals surface area contributed by atoms with Crippen LogP contribution in [0, 0.1) is 23.2 Å². The zero-order valence-corrected chi connectivity index (χ0v) is 13.0. The minimum atomic E-state index is -4.03. The molecule has 3 aliphatic carbocycles. The van der Waals surface area contributed by atoms with Gasteiger partial charge in [-0.3, -0.25) is 9.55 Å². The number of rotatable bonds is 5. The van der Waals surface area contributed by atoms with Crippen molar-refractivity contribution in [3.05, 3.63) is 0 Å². The van der Waals surface area contributed by atoms with Crippen LogP contribution in [-0.2, 0) is 9.15 Å². The molecule has 3 rings (SSSR count). The van der Waals surface area contributed by atoms with E-state index >= 15 is 0 Å². The molecule has 3 fully saturated rings. The van der Waals surface area contributed by atoms with Crippen molar-refractivity contribution in [3.63, 3.8) is 0 Å². The molecule has 0 unspecified atom stereocenters. The molecule has 7 heteroatoms. The summed E-state index contributed by atoms with van der Waals surface area (Å²) in [6, 6.07) is 0. The summed E-state index contributed by atoms with van der Waals surface area (Å²) < 4.78 is 29.8. The van der Waals surface area contributed by atoms with E-state index in [9.17, 15) is 8.42 Å². The Bertz CT molecular complexity index is 471. The summed E-state index contributed by atoms with van der Waals surface area (Å²) in [6.45, 7) is 5.34. The Morgan fingerprint density at radius 3 is 2.68 bits per heavy atom. The zero-order valence-electron chi connectivity index (χ0n) is 11.4. The fourth-order valence-corrected chi connectivity index (χ4v) is 4.77. The van der Waals surface area contributed by atoms with E-state index in [0.717, 1.165) is 11.8 Å². The first kappa shape index (κ1) is 15.1. The number of aliphatic imine (C=N–C) groups is 1. The maximum absolute atomic E-state index is 10.6. The molecule has 0 aliphatic heterocycles. The molecule has 3 atom stereocenters. The summed E-state index contributed by atoms with van der Waals surface area (Å²) in [5.74, 6) is 2.47. The average molecular weight is 306 g/mol. The third-order valence-electron chi connectivity index (χ3n) is 4.89. The second-order valence-electron chi connectivity index (χ2n) is 6.22. The number of amidine groups is 1. The molecule has 110 valence electrons. The molecule has 0 radical (unpaired) electrons. The maximum atomic E-state index is 10.6. The number of hydrogen-bond donors (Lipinski definition) is 2. The standard InChI is InChI=1S/C12H22N2O3S2/c1-12(2)9-4-3-8(10(12)5-9)6-14-11(13)7-18-19(15,16)17/h8-10H,3-7H2,1-2H3,(H2,13,14)(H,15,16,17)/t8-,9+,10+/m1/s1. The summed E-state index contributed by atoms with van der Waals surface area (Å²) >= 11 is 0. The summed E-state index contributed by atoms with van der Waals surface area (Å²) in [5.41, 5.74) is 6.10. The lowest BCUT2D eigenvalue weighted by molar-refractivity contribution is -0.101. The van der Waals surface area contributed by atoms with E-state index in [1.807, 2.05) is 0 Å². The van der Waals surface area contributed by atoms with Crippen molar-refractivity contribution in [2.24, 2.45) is 33.9 Å². The first-order valence-corrected chi connectivity index (χ1v) is 9.55. The lowest BCUT2D eigenvalue weighted by Gasteiger charge is -2.60. The monoisotopic (exact) mass is 306 g/mol. The van der Waals surface area contributed by atoms with Gasteiger partial charge in [0.15, 0.2) is 0 Å². The molecule has 0 amide bonds. The first-order chi connectivity index (χ1) is 8.70. The lowest BCUT2D eigenvalue weighted by Crippen LogP contribution is -2.53. The molecule has 3 N–H and O–H groups in total. The van der Waals surface area contributed by atoms with E-state index in [4.69, 9.17) is 10.3 Å². The normalized spacial score (nSPS) is 33.8. The van der Waals surface area contributed by atoms with E-state index in [0.29, 0.717) is 34.5 Å². The zero-order chi connectivity index (χ0) is 14.3. The van der Waals surface area contributed by atoms with Gasteiger partial charge < -0.3 is 5.73 Å². The van der Waals surface area contributed by atoms with Crippen molar-refractivity contribution < 1.29 is 13.0 Å². The fraction of sp³-hybridized carbons (Fsp3) is 0.917. The highest BCUT2D eigenvalue weighted by molar-refractivity contribution is 8.70. The van der Waals surface area contributed by atoms with Gasteiger partial charge in [-0.1, -0.05) is 13.8 Å². The Balaban J connectivity index is 1.85. The molecule has 3 aliphatic rings. The second-order valence-corrected chi connectivity index (χ2v) is 9.57. The summed E-state index contributed by atoms with van der Waals surface area (Å²) in [5, 5.41) is 0. The van der Waals surface area contributed by atoms with Crippen molar-refractivity contribution in [2.75, 3.05) is 12.3 Å². The van der Waals surface area contributed by atoms with Crippen molar-refractivity contribution >= 4 is 25.8 Å². The molecule has 5 nitrogen and oxygen atoms in total. The van der Waals surface area contributed by atoms with E-state index < -0.39 is 9.15 Å². The predicted molar refractivity (Wildman–Crippen MR) is 78.6 cm³/mol. The molecule has 2 bridgehead atoms. The van der Waals surface area contributed by atoms with Crippen molar-refractivity contribution in [3.8, 4) is 0 Å². The van der Waals surface area contributed by atoms with Crippen molar-refractivity contribution in [1.82, 2.24) is 0 Å². The number of hydrogen-bond acceptors (Lipinski definition) is 4. The smallest absolute Gasteiger partial charge is 0.320 e. The molecule has 0 saturated heterocycles. The van der Waals surface area contributed by atoms with Crippen LogP contribution in [0.1, 0.15) is 33.1 Å². The van der Waals surface area contributed by atoms with Crippen LogP contribution in [-0.4, -0.2) is 31.1 Å². The van der Waals surface area contributed by atoms with Gasteiger partial charge in [0.1, 0.15) is 5.84 Å². The Morgan fingerprint density at radius 2 is 2.16 bits per heavy atom. The van der Waals surface area contributed by atoms with Gasteiger partial charge in [-0.05, 0) is 42.4 Å². The molecule has 0 aromatic heterocycles. The van der Waals surface area contributed by atoms with Crippen molar-refractivity contribution in [1.29, 1.82) is 0 Å². The average Bonchev–Trinajstić information content (AvgIpc) is 2.33. The minimum Gasteiger partial charge on any atom is -0.387 e. The van der Waals surface area contributed by atoms with Crippen LogP contribution in [0.3, 0.4) is 0 Å².